The van der Waals surface area contributed by atoms with Crippen LogP contribution in [-0.4, -0.2) is 28.1 Å². The summed E-state index contributed by atoms with van der Waals surface area (Å²) in [5.74, 6) is 1.16. The first-order chi connectivity index (χ1) is 8.15. The van der Waals surface area contributed by atoms with Crippen LogP contribution in [0.1, 0.15) is 37.6 Å². The summed E-state index contributed by atoms with van der Waals surface area (Å²) in [6.45, 7) is 7.31. The van der Waals surface area contributed by atoms with Crippen LogP contribution in [0.15, 0.2) is 12.1 Å². The molecule has 1 aliphatic rings. The van der Waals surface area contributed by atoms with Crippen molar-refractivity contribution in [2.75, 3.05) is 13.1 Å². The molecule has 0 bridgehead atoms. The maximum atomic E-state index is 9.80. The molecule has 0 spiro atoms. The van der Waals surface area contributed by atoms with Gasteiger partial charge in [-0.15, -0.1) is 0 Å². The van der Waals surface area contributed by atoms with Crippen molar-refractivity contribution in [3.63, 3.8) is 0 Å². The topological polar surface area (TPSA) is 36.4 Å². The van der Waals surface area contributed by atoms with Crippen LogP contribution in [0.4, 0.5) is 0 Å². The molecule has 1 saturated heterocycles. The molecule has 1 aromatic heterocycles. The van der Waals surface area contributed by atoms with Gasteiger partial charge in [0.2, 0.25) is 0 Å². The summed E-state index contributed by atoms with van der Waals surface area (Å²) in [4.78, 5) is 6.83. The predicted octanol–water partition coefficient (Wildman–Crippen LogP) is 2.72. The van der Waals surface area contributed by atoms with E-state index in [1.165, 1.54) is 19.3 Å². The first kappa shape index (κ1) is 12.4. The number of rotatable bonds is 2. The minimum atomic E-state index is 0.327. The third-order valence-electron chi connectivity index (χ3n) is 3.57. The first-order valence-electron chi connectivity index (χ1n) is 6.53. The fraction of sp³-hybridized carbons (Fsp3) is 0.643. The highest BCUT2D eigenvalue weighted by Gasteiger charge is 2.15. The van der Waals surface area contributed by atoms with Gasteiger partial charge in [-0.3, -0.25) is 9.88 Å². The Labute approximate surface area is 103 Å². The molecule has 2 heterocycles. The second-order valence-corrected chi connectivity index (χ2v) is 5.23. The molecule has 3 nitrogen and oxygen atoms in total. The van der Waals surface area contributed by atoms with E-state index >= 15 is 0 Å². The van der Waals surface area contributed by atoms with E-state index in [9.17, 15) is 5.11 Å². The van der Waals surface area contributed by atoms with E-state index in [0.29, 0.717) is 5.75 Å². The lowest BCUT2D eigenvalue weighted by atomic mass is 10.0. The van der Waals surface area contributed by atoms with Crippen LogP contribution in [0, 0.1) is 12.8 Å². The molecule has 0 radical (unpaired) electrons. The monoisotopic (exact) mass is 234 g/mol. The van der Waals surface area contributed by atoms with Crippen LogP contribution in [-0.2, 0) is 6.54 Å². The molecule has 2 rings (SSSR count). The number of hydrogen-bond donors (Lipinski definition) is 1. The van der Waals surface area contributed by atoms with Crippen molar-refractivity contribution in [1.82, 2.24) is 9.88 Å². The summed E-state index contributed by atoms with van der Waals surface area (Å²) in [5, 5.41) is 9.80. The van der Waals surface area contributed by atoms with Crippen LogP contribution < -0.4 is 0 Å². The highest BCUT2D eigenvalue weighted by molar-refractivity contribution is 5.27. The van der Waals surface area contributed by atoms with Gasteiger partial charge in [0.1, 0.15) is 5.75 Å². The molecule has 1 fully saturated rings. The van der Waals surface area contributed by atoms with Crippen LogP contribution in [0.3, 0.4) is 0 Å². The quantitative estimate of drug-likeness (QED) is 0.854. The normalized spacial score (nSPS) is 22.4. The minimum absolute atomic E-state index is 0.327. The van der Waals surface area contributed by atoms with Crippen LogP contribution in [0.25, 0.3) is 0 Å². The van der Waals surface area contributed by atoms with Gasteiger partial charge in [0, 0.05) is 12.2 Å². The van der Waals surface area contributed by atoms with Gasteiger partial charge >= 0.3 is 0 Å². The molecular formula is C14H22N2O. The molecule has 3 heteroatoms. The number of nitrogens with zero attached hydrogens (tertiary/aromatic N) is 2. The zero-order valence-corrected chi connectivity index (χ0v) is 10.8. The van der Waals surface area contributed by atoms with Crippen molar-refractivity contribution < 1.29 is 5.11 Å². The highest BCUT2D eigenvalue weighted by Crippen LogP contribution is 2.21. The Kier molecular flexibility index (Phi) is 4.00. The molecular weight excluding hydrogens is 212 g/mol. The standard InChI is InChI=1S/C14H22N2O/c1-11-4-3-8-16(9-7-11)10-13-14(17)6-5-12(2)15-13/h5-6,11,17H,3-4,7-10H2,1-2H3/t11-/m1/s1. The summed E-state index contributed by atoms with van der Waals surface area (Å²) in [6, 6.07) is 3.60. The fourth-order valence-corrected chi connectivity index (χ4v) is 2.41. The van der Waals surface area contributed by atoms with Gasteiger partial charge in [0.15, 0.2) is 0 Å². The van der Waals surface area contributed by atoms with E-state index in [1.807, 2.05) is 13.0 Å². The molecule has 1 aromatic rings. The number of pyridine rings is 1. The Bertz CT molecular complexity index is 378. The van der Waals surface area contributed by atoms with E-state index < -0.39 is 0 Å². The van der Waals surface area contributed by atoms with Crippen molar-refractivity contribution >= 4 is 0 Å². The Morgan fingerprint density at radius 3 is 3.00 bits per heavy atom. The SMILES string of the molecule is Cc1ccc(O)c(CN2CCC[C@@H](C)CC2)n1. The lowest BCUT2D eigenvalue weighted by molar-refractivity contribution is 0.266. The highest BCUT2D eigenvalue weighted by atomic mass is 16.3. The largest absolute Gasteiger partial charge is 0.506 e. The molecule has 0 aromatic carbocycles. The van der Waals surface area contributed by atoms with Gasteiger partial charge in [0.05, 0.1) is 5.69 Å². The van der Waals surface area contributed by atoms with Gasteiger partial charge in [0.25, 0.3) is 0 Å². The second kappa shape index (κ2) is 5.50. The zero-order chi connectivity index (χ0) is 12.3. The van der Waals surface area contributed by atoms with Gasteiger partial charge < -0.3 is 5.11 Å². The van der Waals surface area contributed by atoms with Crippen LogP contribution in [0.5, 0.6) is 5.75 Å². The number of aromatic hydroxyl groups is 1. The Balaban J connectivity index is 2.02. The Hall–Kier alpha value is -1.09. The summed E-state index contributed by atoms with van der Waals surface area (Å²) < 4.78 is 0. The van der Waals surface area contributed by atoms with Crippen molar-refractivity contribution in [3.05, 3.63) is 23.5 Å². The fourth-order valence-electron chi connectivity index (χ4n) is 2.41. The Morgan fingerprint density at radius 2 is 2.18 bits per heavy atom. The van der Waals surface area contributed by atoms with Crippen molar-refractivity contribution in [1.29, 1.82) is 0 Å². The van der Waals surface area contributed by atoms with Gasteiger partial charge in [-0.25, -0.2) is 0 Å². The van der Waals surface area contributed by atoms with E-state index in [-0.39, 0.29) is 0 Å². The smallest absolute Gasteiger partial charge is 0.138 e. The molecule has 1 atom stereocenters. The summed E-state index contributed by atoms with van der Waals surface area (Å²) in [6.07, 6.45) is 3.84. The van der Waals surface area contributed by atoms with Crippen LogP contribution in [0.2, 0.25) is 0 Å². The lowest BCUT2D eigenvalue weighted by Crippen LogP contribution is -2.24. The van der Waals surface area contributed by atoms with Gasteiger partial charge in [-0.2, -0.15) is 0 Å². The van der Waals surface area contributed by atoms with Crippen molar-refractivity contribution in [2.45, 2.75) is 39.7 Å². The first-order valence-corrected chi connectivity index (χ1v) is 6.53. The average Bonchev–Trinajstić information content (AvgIpc) is 2.49. The second-order valence-electron chi connectivity index (χ2n) is 5.23. The molecule has 0 aliphatic carbocycles. The zero-order valence-electron chi connectivity index (χ0n) is 10.8. The maximum Gasteiger partial charge on any atom is 0.138 e. The third-order valence-corrected chi connectivity index (χ3v) is 3.57. The molecule has 0 unspecified atom stereocenters. The number of aromatic nitrogens is 1. The summed E-state index contributed by atoms with van der Waals surface area (Å²) >= 11 is 0. The van der Waals surface area contributed by atoms with E-state index in [2.05, 4.69) is 16.8 Å². The van der Waals surface area contributed by atoms with Gasteiger partial charge in [-0.05, 0) is 57.3 Å². The number of likely N-dealkylation sites (tertiary alicyclic amines) is 1. The molecule has 17 heavy (non-hydrogen) atoms. The Morgan fingerprint density at radius 1 is 1.35 bits per heavy atom. The maximum absolute atomic E-state index is 9.80. The predicted molar refractivity (Wildman–Crippen MR) is 68.9 cm³/mol. The van der Waals surface area contributed by atoms with Crippen LogP contribution >= 0.6 is 0 Å². The number of aryl methyl sites for hydroxylation is 1. The van der Waals surface area contributed by atoms with E-state index in [0.717, 1.165) is 36.9 Å². The summed E-state index contributed by atoms with van der Waals surface area (Å²) in [5.41, 5.74) is 1.79. The summed E-state index contributed by atoms with van der Waals surface area (Å²) in [7, 11) is 0. The van der Waals surface area contributed by atoms with E-state index in [1.54, 1.807) is 6.07 Å². The average molecular weight is 234 g/mol. The molecule has 0 amide bonds. The molecule has 0 saturated carbocycles. The molecule has 1 aliphatic heterocycles. The van der Waals surface area contributed by atoms with Crippen molar-refractivity contribution in [2.24, 2.45) is 5.92 Å². The minimum Gasteiger partial charge on any atom is -0.506 e. The third kappa shape index (κ3) is 3.43. The van der Waals surface area contributed by atoms with Gasteiger partial charge in [-0.1, -0.05) is 6.92 Å². The van der Waals surface area contributed by atoms with E-state index in [4.69, 9.17) is 0 Å². The van der Waals surface area contributed by atoms with Crippen molar-refractivity contribution in [3.8, 4) is 5.75 Å². The molecule has 1 N–H and O–H groups in total. The molecule has 94 valence electrons. The number of hydrogen-bond acceptors (Lipinski definition) is 3. The lowest BCUT2D eigenvalue weighted by Gasteiger charge is -2.20.